The van der Waals surface area contributed by atoms with Crippen molar-refractivity contribution in [2.45, 2.75) is 69.4 Å². The molecule has 38 heavy (non-hydrogen) atoms. The van der Waals surface area contributed by atoms with Gasteiger partial charge in [-0.3, -0.25) is 9.89 Å². The van der Waals surface area contributed by atoms with Crippen molar-refractivity contribution in [1.29, 1.82) is 0 Å². The quantitative estimate of drug-likeness (QED) is 0.494. The number of rotatable bonds is 9. The summed E-state index contributed by atoms with van der Waals surface area (Å²) in [4.78, 5) is 18.9. The Kier molecular flexibility index (Phi) is 9.78. The highest BCUT2D eigenvalue weighted by molar-refractivity contribution is 8.14. The molecule has 2 aliphatic rings. The molecule has 0 radical (unpaired) electrons. The highest BCUT2D eigenvalue weighted by atomic mass is 32.2. The number of hydrogen-bond donors (Lipinski definition) is 1. The van der Waals surface area contributed by atoms with Crippen LogP contribution in [0.4, 0.5) is 9.18 Å². The highest BCUT2D eigenvalue weighted by Crippen LogP contribution is 2.40. The Labute approximate surface area is 227 Å². The predicted octanol–water partition coefficient (Wildman–Crippen LogP) is 4.55. The number of aliphatic hydroxyl groups is 1. The van der Waals surface area contributed by atoms with Gasteiger partial charge in [0.15, 0.2) is 5.17 Å². The molecular weight excluding hydrogens is 511 g/mol. The van der Waals surface area contributed by atoms with E-state index in [1.54, 1.807) is 20.8 Å². The van der Waals surface area contributed by atoms with Gasteiger partial charge in [-0.2, -0.15) is 0 Å². The number of alkyl halides is 1. The summed E-state index contributed by atoms with van der Waals surface area (Å²) < 4.78 is 37.8. The number of fused-ring (bicyclic) bond motifs is 1. The fourth-order valence-electron chi connectivity index (χ4n) is 4.26. The Bertz CT molecular complexity index is 1070. The largest absolute Gasteiger partial charge is 0.443 e. The van der Waals surface area contributed by atoms with Crippen LogP contribution in [0, 0.1) is 0 Å². The van der Waals surface area contributed by atoms with E-state index in [0.717, 1.165) is 11.1 Å². The fraction of sp³-hybridized carbons (Fsp3) is 0.500. The first-order valence-corrected chi connectivity index (χ1v) is 13.6. The topological polar surface area (TPSA) is 89.8 Å². The van der Waals surface area contributed by atoms with E-state index in [1.165, 1.54) is 16.7 Å². The Morgan fingerprint density at radius 2 is 1.61 bits per heavy atom. The zero-order valence-corrected chi connectivity index (χ0v) is 22.7. The van der Waals surface area contributed by atoms with Gasteiger partial charge < -0.3 is 24.1 Å². The molecule has 2 aromatic rings. The summed E-state index contributed by atoms with van der Waals surface area (Å²) in [5.41, 5.74) is 0.639. The van der Waals surface area contributed by atoms with Crippen molar-refractivity contribution in [1.82, 2.24) is 4.90 Å². The minimum absolute atomic E-state index is 0.201. The number of amides is 1. The molecule has 0 unspecified atom stereocenters. The maximum Gasteiger partial charge on any atom is 0.416 e. The number of carbonyl (C=O) groups is 1. The van der Waals surface area contributed by atoms with Gasteiger partial charge in [0, 0.05) is 0 Å². The molecule has 2 aromatic carbocycles. The summed E-state index contributed by atoms with van der Waals surface area (Å²) >= 11 is 1.20. The zero-order chi connectivity index (χ0) is 27.1. The number of aliphatic imine (C=N–C) groups is 1. The second kappa shape index (κ2) is 13.0. The average molecular weight is 547 g/mol. The van der Waals surface area contributed by atoms with Crippen LogP contribution in [-0.4, -0.2) is 76.5 Å². The van der Waals surface area contributed by atoms with E-state index >= 15 is 0 Å². The number of carbonyl (C=O) groups excluding carboxylic acids is 1. The maximum atomic E-state index is 13.5. The lowest BCUT2D eigenvalue weighted by atomic mass is 9.97. The number of nitrogens with zero attached hydrogens (tertiary/aromatic N) is 2. The summed E-state index contributed by atoms with van der Waals surface area (Å²) in [6.45, 7) is 4.59. The minimum Gasteiger partial charge on any atom is -0.443 e. The van der Waals surface area contributed by atoms with E-state index in [0.29, 0.717) is 18.4 Å². The van der Waals surface area contributed by atoms with Crippen LogP contribution in [0.15, 0.2) is 65.7 Å². The Morgan fingerprint density at radius 3 is 2.13 bits per heavy atom. The second-order valence-electron chi connectivity index (χ2n) is 10.1. The van der Waals surface area contributed by atoms with Gasteiger partial charge in [0.25, 0.3) is 0 Å². The number of thioether (sulfide) groups is 1. The fourth-order valence-corrected chi connectivity index (χ4v) is 5.50. The lowest BCUT2D eigenvalue weighted by Crippen LogP contribution is -2.57. The van der Waals surface area contributed by atoms with Crippen LogP contribution in [0.1, 0.15) is 31.9 Å². The second-order valence-corrected chi connectivity index (χ2v) is 11.2. The number of hydrogen-bond acceptors (Lipinski definition) is 8. The van der Waals surface area contributed by atoms with Crippen molar-refractivity contribution >= 4 is 23.0 Å². The van der Waals surface area contributed by atoms with Crippen LogP contribution in [-0.2, 0) is 32.2 Å². The van der Waals surface area contributed by atoms with E-state index in [-0.39, 0.29) is 13.2 Å². The third kappa shape index (κ3) is 7.33. The lowest BCUT2D eigenvalue weighted by molar-refractivity contribution is -0.205. The molecule has 5 atom stereocenters. The molecular formula is C28H35FN2O6S. The normalized spacial score (nSPS) is 25.0. The van der Waals surface area contributed by atoms with Crippen LogP contribution in [0.25, 0.3) is 0 Å². The van der Waals surface area contributed by atoms with Crippen molar-refractivity contribution in [3.63, 3.8) is 0 Å². The molecule has 0 spiro atoms. The maximum absolute atomic E-state index is 13.5. The van der Waals surface area contributed by atoms with Gasteiger partial charge in [-0.15, -0.1) is 0 Å². The molecule has 1 fully saturated rings. The van der Waals surface area contributed by atoms with Gasteiger partial charge in [0.05, 0.1) is 26.4 Å². The molecule has 1 N–H and O–H groups in total. The van der Waals surface area contributed by atoms with Gasteiger partial charge in [-0.05, 0) is 31.9 Å². The van der Waals surface area contributed by atoms with Crippen LogP contribution in [0.5, 0.6) is 0 Å². The van der Waals surface area contributed by atoms with E-state index in [2.05, 4.69) is 0 Å². The number of amidine groups is 1. The van der Waals surface area contributed by atoms with Gasteiger partial charge in [0.1, 0.15) is 42.1 Å². The molecule has 0 bridgehead atoms. The van der Waals surface area contributed by atoms with Gasteiger partial charge >= 0.3 is 6.09 Å². The summed E-state index contributed by atoms with van der Waals surface area (Å²) in [5.74, 6) is 0. The Balaban J connectivity index is 1.60. The number of benzene rings is 2. The van der Waals surface area contributed by atoms with E-state index in [4.69, 9.17) is 23.9 Å². The zero-order valence-electron chi connectivity index (χ0n) is 21.9. The van der Waals surface area contributed by atoms with Gasteiger partial charge in [-0.1, -0.05) is 72.4 Å². The summed E-state index contributed by atoms with van der Waals surface area (Å²) in [7, 11) is 0. The number of ether oxygens (including phenoxy) is 4. The smallest absolute Gasteiger partial charge is 0.416 e. The van der Waals surface area contributed by atoms with Gasteiger partial charge in [0.2, 0.25) is 0 Å². The first kappa shape index (κ1) is 28.5. The monoisotopic (exact) mass is 546 g/mol. The SMILES string of the molecule is CC(C)(C)OC(=O)N(CCF)C1=N[C@@H]2[C@@H](OCc3ccccc3)[C@H](OCc3ccccc3)[C@@H](CO)O[C@@H]2S1. The molecule has 4 rings (SSSR count). The van der Waals surface area contributed by atoms with E-state index < -0.39 is 48.2 Å². The third-order valence-corrected chi connectivity index (χ3v) is 7.16. The lowest BCUT2D eigenvalue weighted by Gasteiger charge is -2.42. The summed E-state index contributed by atoms with van der Waals surface area (Å²) in [5, 5.41) is 10.5. The highest BCUT2D eigenvalue weighted by Gasteiger charge is 2.51. The molecule has 8 nitrogen and oxygen atoms in total. The first-order valence-electron chi connectivity index (χ1n) is 12.7. The molecule has 206 valence electrons. The molecule has 0 saturated carbocycles. The Morgan fingerprint density at radius 1 is 1.03 bits per heavy atom. The molecule has 0 aromatic heterocycles. The van der Waals surface area contributed by atoms with Crippen LogP contribution >= 0.6 is 11.8 Å². The minimum atomic E-state index is -0.759. The molecule has 1 amide bonds. The number of aliphatic hydroxyl groups excluding tert-OH is 1. The standard InChI is InChI=1S/C28H35FN2O6S/c1-28(2,3)37-27(33)31(15-14-29)26-30-22-24(35-18-20-12-8-5-9-13-20)23(21(16-32)36-25(22)38-26)34-17-19-10-6-4-7-11-19/h4-13,21-25,32H,14-18H2,1-3H3/t21-,22-,23-,24-,25-/m1/s1. The van der Waals surface area contributed by atoms with Crippen LogP contribution in [0.2, 0.25) is 0 Å². The molecule has 10 heteroatoms. The summed E-state index contributed by atoms with van der Waals surface area (Å²) in [6, 6.07) is 18.9. The Hall–Kier alpha value is -2.50. The van der Waals surface area contributed by atoms with Crippen LogP contribution < -0.4 is 0 Å². The van der Waals surface area contributed by atoms with Gasteiger partial charge in [-0.25, -0.2) is 9.18 Å². The first-order chi connectivity index (χ1) is 18.3. The molecule has 2 aliphatic heterocycles. The van der Waals surface area contributed by atoms with Crippen LogP contribution in [0.3, 0.4) is 0 Å². The van der Waals surface area contributed by atoms with Crippen molar-refractivity contribution < 1.29 is 33.2 Å². The van der Waals surface area contributed by atoms with E-state index in [9.17, 15) is 14.3 Å². The van der Waals surface area contributed by atoms with Crippen molar-refractivity contribution in [3.05, 3.63) is 71.8 Å². The number of halogens is 1. The predicted molar refractivity (Wildman–Crippen MR) is 144 cm³/mol. The molecule has 0 aliphatic carbocycles. The van der Waals surface area contributed by atoms with E-state index in [1.807, 2.05) is 60.7 Å². The molecule has 2 heterocycles. The van der Waals surface area contributed by atoms with Crippen molar-refractivity contribution in [2.24, 2.45) is 4.99 Å². The summed E-state index contributed by atoms with van der Waals surface area (Å²) in [6.07, 6.45) is -2.59. The average Bonchev–Trinajstić information content (AvgIpc) is 3.32. The molecule has 1 saturated heterocycles. The van der Waals surface area contributed by atoms with Crippen molar-refractivity contribution in [2.75, 3.05) is 19.8 Å². The van der Waals surface area contributed by atoms with Crippen molar-refractivity contribution in [3.8, 4) is 0 Å². The third-order valence-electron chi connectivity index (χ3n) is 6.00.